The Morgan fingerprint density at radius 2 is 2.00 bits per heavy atom. The van der Waals surface area contributed by atoms with Crippen LogP contribution in [0.5, 0.6) is 0 Å². The summed E-state index contributed by atoms with van der Waals surface area (Å²) < 4.78 is 2.36. The largest absolute Gasteiger partial charge is 0.310 e. The van der Waals surface area contributed by atoms with Crippen molar-refractivity contribution in [3.05, 3.63) is 19.2 Å². The molecule has 1 unspecified atom stereocenters. The van der Waals surface area contributed by atoms with Gasteiger partial charge in [0.1, 0.15) is 0 Å². The number of rotatable bonds is 6. The molecule has 0 aliphatic rings. The van der Waals surface area contributed by atoms with Gasteiger partial charge >= 0.3 is 0 Å². The quantitative estimate of drug-likeness (QED) is 0.712. The van der Waals surface area contributed by atoms with E-state index in [1.165, 1.54) is 26.0 Å². The van der Waals surface area contributed by atoms with Crippen LogP contribution in [0, 0.1) is 5.92 Å². The first-order valence-electron chi connectivity index (χ1n) is 5.72. The van der Waals surface area contributed by atoms with Crippen LogP contribution in [0.25, 0.3) is 0 Å². The molecule has 1 aromatic heterocycles. The van der Waals surface area contributed by atoms with Gasteiger partial charge in [-0.1, -0.05) is 20.8 Å². The Balaban J connectivity index is 2.68. The van der Waals surface area contributed by atoms with Gasteiger partial charge in [0, 0.05) is 15.4 Å². The molecule has 1 aromatic rings. The highest BCUT2D eigenvalue weighted by molar-refractivity contribution is 9.13. The molecule has 1 heterocycles. The number of thiophene rings is 1. The zero-order valence-corrected chi connectivity index (χ0v) is 14.0. The van der Waals surface area contributed by atoms with Gasteiger partial charge in [0.2, 0.25) is 0 Å². The molecule has 4 heteroatoms. The molecule has 0 radical (unpaired) electrons. The Hall–Kier alpha value is 0.620. The van der Waals surface area contributed by atoms with E-state index >= 15 is 0 Å². The van der Waals surface area contributed by atoms with Gasteiger partial charge in [-0.15, -0.1) is 11.3 Å². The Morgan fingerprint density at radius 1 is 1.31 bits per heavy atom. The first-order chi connectivity index (χ1) is 7.54. The van der Waals surface area contributed by atoms with E-state index < -0.39 is 0 Å². The maximum absolute atomic E-state index is 3.56. The van der Waals surface area contributed by atoms with Crippen LogP contribution < -0.4 is 5.32 Å². The second kappa shape index (κ2) is 7.14. The lowest BCUT2D eigenvalue weighted by atomic mass is 10.0. The fraction of sp³-hybridized carbons (Fsp3) is 0.667. The van der Waals surface area contributed by atoms with Crippen LogP contribution in [-0.4, -0.2) is 6.54 Å². The third-order valence-corrected chi connectivity index (χ3v) is 5.86. The topological polar surface area (TPSA) is 12.0 Å². The lowest BCUT2D eigenvalue weighted by molar-refractivity contribution is 0.453. The average Bonchev–Trinajstić information content (AvgIpc) is 2.53. The highest BCUT2D eigenvalue weighted by atomic mass is 79.9. The molecular formula is C12H19Br2NS. The van der Waals surface area contributed by atoms with Crippen LogP contribution in [0.2, 0.25) is 0 Å². The van der Waals surface area contributed by atoms with Gasteiger partial charge < -0.3 is 5.32 Å². The van der Waals surface area contributed by atoms with E-state index in [0.29, 0.717) is 6.04 Å². The molecular weight excluding hydrogens is 350 g/mol. The van der Waals surface area contributed by atoms with Crippen molar-refractivity contribution < 1.29 is 0 Å². The highest BCUT2D eigenvalue weighted by Gasteiger charge is 2.15. The van der Waals surface area contributed by atoms with E-state index in [1.54, 1.807) is 0 Å². The molecule has 0 aliphatic heterocycles. The zero-order valence-electron chi connectivity index (χ0n) is 10.0. The van der Waals surface area contributed by atoms with Gasteiger partial charge in [-0.2, -0.15) is 0 Å². The molecule has 0 aromatic carbocycles. The van der Waals surface area contributed by atoms with E-state index in [2.05, 4.69) is 64.0 Å². The van der Waals surface area contributed by atoms with Crippen molar-refractivity contribution >= 4 is 43.2 Å². The van der Waals surface area contributed by atoms with Crippen LogP contribution in [0.4, 0.5) is 0 Å². The normalized spacial score (nSPS) is 13.4. The minimum atomic E-state index is 0.500. The van der Waals surface area contributed by atoms with Crippen molar-refractivity contribution in [3.8, 4) is 0 Å². The van der Waals surface area contributed by atoms with Gasteiger partial charge in [-0.05, 0) is 63.2 Å². The Kier molecular flexibility index (Phi) is 6.55. The van der Waals surface area contributed by atoms with Crippen molar-refractivity contribution in [2.24, 2.45) is 5.92 Å². The SMILES string of the molecule is CCNC(CCC(C)C)c1cc(Br)c(Br)s1. The number of hydrogen-bond acceptors (Lipinski definition) is 2. The van der Waals surface area contributed by atoms with E-state index in [0.717, 1.165) is 12.5 Å². The van der Waals surface area contributed by atoms with Crippen LogP contribution in [0.15, 0.2) is 14.3 Å². The van der Waals surface area contributed by atoms with Crippen LogP contribution in [0.3, 0.4) is 0 Å². The van der Waals surface area contributed by atoms with Crippen molar-refractivity contribution in [1.29, 1.82) is 0 Å². The van der Waals surface area contributed by atoms with E-state index in [9.17, 15) is 0 Å². The predicted octanol–water partition coefficient (Wildman–Crippen LogP) is 5.36. The molecule has 0 saturated heterocycles. The molecule has 0 fully saturated rings. The lowest BCUT2D eigenvalue weighted by Gasteiger charge is -2.17. The second-order valence-corrected chi connectivity index (χ2v) is 7.61. The fourth-order valence-electron chi connectivity index (χ4n) is 1.63. The molecule has 92 valence electrons. The molecule has 0 amide bonds. The number of nitrogens with one attached hydrogen (secondary N) is 1. The summed E-state index contributed by atoms with van der Waals surface area (Å²) in [6, 6.07) is 2.72. The van der Waals surface area contributed by atoms with Crippen LogP contribution in [0.1, 0.15) is 44.5 Å². The molecule has 16 heavy (non-hydrogen) atoms. The second-order valence-electron chi connectivity index (χ2n) is 4.35. The number of hydrogen-bond donors (Lipinski definition) is 1. The van der Waals surface area contributed by atoms with Crippen molar-refractivity contribution in [1.82, 2.24) is 5.32 Å². The summed E-state index contributed by atoms with van der Waals surface area (Å²) in [5, 5.41) is 3.56. The molecule has 1 N–H and O–H groups in total. The summed E-state index contributed by atoms with van der Waals surface area (Å²) in [7, 11) is 0. The molecule has 0 bridgehead atoms. The molecule has 1 rings (SSSR count). The van der Waals surface area contributed by atoms with Gasteiger partial charge in [0.15, 0.2) is 0 Å². The van der Waals surface area contributed by atoms with Gasteiger partial charge in [0.05, 0.1) is 3.79 Å². The van der Waals surface area contributed by atoms with Gasteiger partial charge in [-0.3, -0.25) is 0 Å². The number of halogens is 2. The summed E-state index contributed by atoms with van der Waals surface area (Å²) in [4.78, 5) is 1.42. The van der Waals surface area contributed by atoms with E-state index in [-0.39, 0.29) is 0 Å². The average molecular weight is 369 g/mol. The highest BCUT2D eigenvalue weighted by Crippen LogP contribution is 2.37. The van der Waals surface area contributed by atoms with Gasteiger partial charge in [0.25, 0.3) is 0 Å². The van der Waals surface area contributed by atoms with E-state index in [4.69, 9.17) is 0 Å². The maximum atomic E-state index is 3.56. The summed E-state index contributed by atoms with van der Waals surface area (Å²) in [5.41, 5.74) is 0. The molecule has 0 spiro atoms. The standard InChI is InChI=1S/C12H19Br2NS/c1-4-15-10(6-5-8(2)3)11-7-9(13)12(14)16-11/h7-8,10,15H,4-6H2,1-3H3. The third kappa shape index (κ3) is 4.47. The minimum Gasteiger partial charge on any atom is -0.310 e. The summed E-state index contributed by atoms with van der Waals surface area (Å²) in [6.45, 7) is 7.75. The third-order valence-electron chi connectivity index (χ3n) is 2.49. The smallest absolute Gasteiger partial charge is 0.0843 e. The van der Waals surface area contributed by atoms with E-state index in [1.807, 2.05) is 11.3 Å². The Bertz CT molecular complexity index is 303. The van der Waals surface area contributed by atoms with Crippen molar-refractivity contribution in [2.45, 2.75) is 39.7 Å². The monoisotopic (exact) mass is 367 g/mol. The first-order valence-corrected chi connectivity index (χ1v) is 8.13. The predicted molar refractivity (Wildman–Crippen MR) is 80.2 cm³/mol. The Labute approximate surface area is 119 Å². The summed E-state index contributed by atoms with van der Waals surface area (Å²) in [5.74, 6) is 0.771. The van der Waals surface area contributed by atoms with Crippen molar-refractivity contribution in [2.75, 3.05) is 6.54 Å². The van der Waals surface area contributed by atoms with Gasteiger partial charge in [-0.25, -0.2) is 0 Å². The summed E-state index contributed by atoms with van der Waals surface area (Å²) in [6.07, 6.45) is 2.48. The lowest BCUT2D eigenvalue weighted by Crippen LogP contribution is -2.20. The molecule has 0 saturated carbocycles. The first kappa shape index (κ1) is 14.7. The fourth-order valence-corrected chi connectivity index (χ4v) is 3.83. The minimum absolute atomic E-state index is 0.500. The molecule has 0 aliphatic carbocycles. The Morgan fingerprint density at radius 3 is 2.44 bits per heavy atom. The van der Waals surface area contributed by atoms with Crippen molar-refractivity contribution in [3.63, 3.8) is 0 Å². The zero-order chi connectivity index (χ0) is 12.1. The van der Waals surface area contributed by atoms with Crippen LogP contribution in [-0.2, 0) is 0 Å². The molecule has 1 atom stereocenters. The maximum Gasteiger partial charge on any atom is 0.0843 e. The molecule has 1 nitrogen and oxygen atoms in total. The summed E-state index contributed by atoms with van der Waals surface area (Å²) >= 11 is 8.93. The van der Waals surface area contributed by atoms with Crippen LogP contribution >= 0.6 is 43.2 Å².